The van der Waals surface area contributed by atoms with E-state index in [1.54, 1.807) is 24.5 Å². The summed E-state index contributed by atoms with van der Waals surface area (Å²) in [5.74, 6) is -0.109. The number of nitrogens with one attached hydrogen (secondary N) is 1. The molecule has 0 aliphatic carbocycles. The fraction of sp³-hybridized carbons (Fsp3) is 0.357. The summed E-state index contributed by atoms with van der Waals surface area (Å²) in [6, 6.07) is 3.49. The number of amides is 1. The summed E-state index contributed by atoms with van der Waals surface area (Å²) in [6.45, 7) is 2.59. The Hall–Kier alpha value is -2.21. The lowest BCUT2D eigenvalue weighted by Crippen LogP contribution is -2.28. The second-order valence-electron chi connectivity index (χ2n) is 4.64. The van der Waals surface area contributed by atoms with Crippen LogP contribution in [-0.2, 0) is 24.3 Å². The van der Waals surface area contributed by atoms with Crippen molar-refractivity contribution in [3.63, 3.8) is 0 Å². The molecule has 2 aromatic heterocycles. The van der Waals surface area contributed by atoms with Crippen molar-refractivity contribution in [1.82, 2.24) is 20.1 Å². The van der Waals surface area contributed by atoms with E-state index < -0.39 is 0 Å². The standard InChI is InChI=1S/C14H16N4O2/c19-14(11-2-1-4-15-8-11)16-5-6-18-13-3-7-20-10-12(13)9-17-18/h1-2,4,8-9H,3,5-7,10H2,(H,16,19). The van der Waals surface area contributed by atoms with Gasteiger partial charge in [-0.3, -0.25) is 14.5 Å². The summed E-state index contributed by atoms with van der Waals surface area (Å²) < 4.78 is 7.33. The highest BCUT2D eigenvalue weighted by Crippen LogP contribution is 2.15. The van der Waals surface area contributed by atoms with E-state index in [0.717, 1.165) is 18.6 Å². The van der Waals surface area contributed by atoms with Gasteiger partial charge in [0, 0.05) is 36.6 Å². The Labute approximate surface area is 116 Å². The van der Waals surface area contributed by atoms with Crippen LogP contribution in [0.25, 0.3) is 0 Å². The Morgan fingerprint density at radius 1 is 1.45 bits per heavy atom. The summed E-state index contributed by atoms with van der Waals surface area (Å²) in [5.41, 5.74) is 2.94. The van der Waals surface area contributed by atoms with Crippen molar-refractivity contribution >= 4 is 5.91 Å². The Balaban J connectivity index is 1.55. The minimum atomic E-state index is -0.109. The topological polar surface area (TPSA) is 69.0 Å². The quantitative estimate of drug-likeness (QED) is 0.893. The molecule has 0 spiro atoms. The van der Waals surface area contributed by atoms with Crippen LogP contribution >= 0.6 is 0 Å². The number of hydrogen-bond acceptors (Lipinski definition) is 4. The van der Waals surface area contributed by atoms with Gasteiger partial charge in [-0.25, -0.2) is 0 Å². The zero-order valence-electron chi connectivity index (χ0n) is 11.1. The van der Waals surface area contributed by atoms with Gasteiger partial charge in [0.2, 0.25) is 0 Å². The van der Waals surface area contributed by atoms with Gasteiger partial charge >= 0.3 is 0 Å². The summed E-state index contributed by atoms with van der Waals surface area (Å²) in [5, 5.41) is 7.21. The fourth-order valence-electron chi connectivity index (χ4n) is 2.28. The maximum absolute atomic E-state index is 11.9. The Kier molecular flexibility index (Phi) is 3.73. The van der Waals surface area contributed by atoms with Crippen LogP contribution in [0.3, 0.4) is 0 Å². The third kappa shape index (κ3) is 2.70. The first-order chi connectivity index (χ1) is 9.84. The van der Waals surface area contributed by atoms with E-state index in [2.05, 4.69) is 15.4 Å². The van der Waals surface area contributed by atoms with Gasteiger partial charge in [-0.15, -0.1) is 0 Å². The molecule has 20 heavy (non-hydrogen) atoms. The Morgan fingerprint density at radius 3 is 3.25 bits per heavy atom. The van der Waals surface area contributed by atoms with Crippen LogP contribution in [0.4, 0.5) is 0 Å². The van der Waals surface area contributed by atoms with E-state index in [9.17, 15) is 4.79 Å². The smallest absolute Gasteiger partial charge is 0.252 e. The molecule has 0 aromatic carbocycles. The largest absolute Gasteiger partial charge is 0.376 e. The lowest BCUT2D eigenvalue weighted by atomic mass is 10.2. The maximum Gasteiger partial charge on any atom is 0.252 e. The first-order valence-corrected chi connectivity index (χ1v) is 6.64. The molecule has 104 valence electrons. The summed E-state index contributed by atoms with van der Waals surface area (Å²) in [4.78, 5) is 15.8. The highest BCUT2D eigenvalue weighted by Gasteiger charge is 2.15. The molecule has 3 heterocycles. The molecule has 6 nitrogen and oxygen atoms in total. The van der Waals surface area contributed by atoms with Gasteiger partial charge in [-0.1, -0.05) is 0 Å². The van der Waals surface area contributed by atoms with Crippen molar-refractivity contribution in [2.75, 3.05) is 13.2 Å². The number of aromatic nitrogens is 3. The Morgan fingerprint density at radius 2 is 2.40 bits per heavy atom. The normalized spacial score (nSPS) is 13.8. The fourth-order valence-corrected chi connectivity index (χ4v) is 2.28. The highest BCUT2D eigenvalue weighted by atomic mass is 16.5. The third-order valence-corrected chi connectivity index (χ3v) is 3.31. The number of pyridine rings is 1. The number of ether oxygens (including phenoxy) is 1. The molecule has 6 heteroatoms. The first kappa shape index (κ1) is 12.8. The van der Waals surface area contributed by atoms with E-state index in [0.29, 0.717) is 25.3 Å². The lowest BCUT2D eigenvalue weighted by molar-refractivity contribution is 0.0950. The summed E-state index contributed by atoms with van der Waals surface area (Å²) in [7, 11) is 0. The zero-order chi connectivity index (χ0) is 13.8. The van der Waals surface area contributed by atoms with Crippen LogP contribution in [0.2, 0.25) is 0 Å². The number of hydrogen-bond donors (Lipinski definition) is 1. The molecule has 0 atom stereocenters. The molecule has 0 bridgehead atoms. The molecule has 0 radical (unpaired) electrons. The van der Waals surface area contributed by atoms with Crippen molar-refractivity contribution in [3.8, 4) is 0 Å². The summed E-state index contributed by atoms with van der Waals surface area (Å²) in [6.07, 6.45) is 5.93. The van der Waals surface area contributed by atoms with Crippen molar-refractivity contribution in [3.05, 3.63) is 47.5 Å². The van der Waals surface area contributed by atoms with Gasteiger partial charge in [0.05, 0.1) is 31.5 Å². The molecule has 0 fully saturated rings. The van der Waals surface area contributed by atoms with Crippen molar-refractivity contribution in [2.45, 2.75) is 19.6 Å². The molecule has 0 saturated heterocycles. The van der Waals surface area contributed by atoms with Gasteiger partial charge in [0.15, 0.2) is 0 Å². The monoisotopic (exact) mass is 272 g/mol. The van der Waals surface area contributed by atoms with E-state index in [1.807, 2.05) is 10.9 Å². The van der Waals surface area contributed by atoms with Gasteiger partial charge in [0.1, 0.15) is 0 Å². The molecule has 1 N–H and O–H groups in total. The van der Waals surface area contributed by atoms with Crippen molar-refractivity contribution < 1.29 is 9.53 Å². The molecule has 2 aromatic rings. The lowest BCUT2D eigenvalue weighted by Gasteiger charge is -2.14. The number of fused-ring (bicyclic) bond motifs is 1. The Bertz CT molecular complexity index is 594. The van der Waals surface area contributed by atoms with Crippen LogP contribution in [0.5, 0.6) is 0 Å². The molecule has 1 amide bonds. The van der Waals surface area contributed by atoms with Crippen LogP contribution in [0.1, 0.15) is 21.6 Å². The van der Waals surface area contributed by atoms with Gasteiger partial charge < -0.3 is 10.1 Å². The second kappa shape index (κ2) is 5.83. The molecule has 1 aliphatic rings. The average molecular weight is 272 g/mol. The van der Waals surface area contributed by atoms with Crippen LogP contribution in [0, 0.1) is 0 Å². The van der Waals surface area contributed by atoms with Crippen molar-refractivity contribution in [1.29, 1.82) is 0 Å². The predicted octanol–water partition coefficient (Wildman–Crippen LogP) is 0.781. The van der Waals surface area contributed by atoms with Gasteiger partial charge in [0.25, 0.3) is 5.91 Å². The molecular formula is C14H16N4O2. The van der Waals surface area contributed by atoms with Crippen LogP contribution in [0.15, 0.2) is 30.7 Å². The van der Waals surface area contributed by atoms with Crippen LogP contribution < -0.4 is 5.32 Å². The SMILES string of the molecule is O=C(NCCn1ncc2c1CCOC2)c1cccnc1. The van der Waals surface area contributed by atoms with Crippen molar-refractivity contribution in [2.24, 2.45) is 0 Å². The number of carbonyl (C=O) groups is 1. The minimum absolute atomic E-state index is 0.109. The minimum Gasteiger partial charge on any atom is -0.376 e. The van der Waals surface area contributed by atoms with E-state index in [4.69, 9.17) is 4.74 Å². The van der Waals surface area contributed by atoms with E-state index in [1.165, 1.54) is 5.69 Å². The zero-order valence-corrected chi connectivity index (χ0v) is 11.1. The second-order valence-corrected chi connectivity index (χ2v) is 4.64. The molecular weight excluding hydrogens is 256 g/mol. The van der Waals surface area contributed by atoms with Gasteiger partial charge in [-0.05, 0) is 12.1 Å². The molecule has 0 saturated carbocycles. The van der Waals surface area contributed by atoms with E-state index >= 15 is 0 Å². The summed E-state index contributed by atoms with van der Waals surface area (Å²) >= 11 is 0. The number of nitrogens with zero attached hydrogens (tertiary/aromatic N) is 3. The predicted molar refractivity (Wildman–Crippen MR) is 72.2 cm³/mol. The van der Waals surface area contributed by atoms with Crippen LogP contribution in [-0.4, -0.2) is 33.8 Å². The third-order valence-electron chi connectivity index (χ3n) is 3.31. The van der Waals surface area contributed by atoms with Gasteiger partial charge in [-0.2, -0.15) is 5.10 Å². The van der Waals surface area contributed by atoms with E-state index in [-0.39, 0.29) is 5.91 Å². The molecule has 0 unspecified atom stereocenters. The highest BCUT2D eigenvalue weighted by molar-refractivity contribution is 5.93. The average Bonchev–Trinajstić information content (AvgIpc) is 2.92. The maximum atomic E-state index is 11.9. The number of carbonyl (C=O) groups excluding carboxylic acids is 1. The molecule has 3 rings (SSSR count). The molecule has 1 aliphatic heterocycles. The first-order valence-electron chi connectivity index (χ1n) is 6.64. The number of rotatable bonds is 4.